The molecule has 0 radical (unpaired) electrons. The second-order valence-electron chi connectivity index (χ2n) is 13.6. The summed E-state index contributed by atoms with van der Waals surface area (Å²) in [5.74, 6) is -28.1. The second kappa shape index (κ2) is 14.9. The van der Waals surface area contributed by atoms with Gasteiger partial charge in [0.15, 0.2) is 76.1 Å². The van der Waals surface area contributed by atoms with Crippen LogP contribution in [0.3, 0.4) is 0 Å². The minimum atomic E-state index is -3.98. The Morgan fingerprint density at radius 3 is 0.841 bits per heavy atom. The number of aromatic hydroxyl groups is 18. The number of phenolic OH excluding ortho intramolecular Hbond substituents is 18. The molecule has 63 heavy (non-hydrogen) atoms. The van der Waals surface area contributed by atoms with Crippen molar-refractivity contribution in [3.63, 3.8) is 0 Å². The Balaban J connectivity index is 1.61. The van der Waals surface area contributed by atoms with Gasteiger partial charge in [0.2, 0.25) is 34.5 Å². The summed E-state index contributed by atoms with van der Waals surface area (Å²) in [4.78, 5) is 0.364. The molecular weight excluding hydrogens is 853 g/mol. The molecule has 7 aromatic carbocycles. The van der Waals surface area contributed by atoms with Crippen molar-refractivity contribution in [2.75, 3.05) is 4.90 Å². The number of anilines is 3. The molecule has 7 rings (SSSR count). The van der Waals surface area contributed by atoms with Gasteiger partial charge >= 0.3 is 0 Å². The maximum absolute atomic E-state index is 15.5. The van der Waals surface area contributed by atoms with Crippen LogP contribution >= 0.6 is 7.14 Å². The topological polar surface area (TPSA) is 384 Å². The SMILES string of the molecule is O=P(c1ccccc1)(c1ccccc1)c1cccc(N(c2c(O)c(O)c(-c3c(O)c(O)c(O)c(O)c3O)c(O)c2O)c2c(O)c(O)c(-c3c(O)c(O)c(O)c(O)c3O)c(O)c2O)c1. The molecule has 20 nitrogen and oxygen atoms in total. The summed E-state index contributed by atoms with van der Waals surface area (Å²) in [5.41, 5.74) is -8.34. The molecule has 7 aromatic rings. The number of nitrogens with zero attached hydrogens (tertiary/aromatic N) is 1. The van der Waals surface area contributed by atoms with Crippen LogP contribution in [0, 0.1) is 0 Å². The van der Waals surface area contributed by atoms with E-state index in [1.165, 1.54) is 12.1 Å². The molecule has 324 valence electrons. The van der Waals surface area contributed by atoms with Gasteiger partial charge in [-0.3, -0.25) is 4.90 Å². The molecule has 0 atom stereocenters. The van der Waals surface area contributed by atoms with Gasteiger partial charge in [0.25, 0.3) is 0 Å². The number of hydrogen-bond donors (Lipinski definition) is 18. The van der Waals surface area contributed by atoms with E-state index in [0.717, 1.165) is 12.1 Å². The Kier molecular flexibility index (Phi) is 9.96. The molecule has 21 heteroatoms. The first-order valence-electron chi connectivity index (χ1n) is 17.7. The van der Waals surface area contributed by atoms with Crippen LogP contribution in [0.15, 0.2) is 84.9 Å². The van der Waals surface area contributed by atoms with Gasteiger partial charge in [-0.25, -0.2) is 0 Å². The maximum atomic E-state index is 15.5. The highest BCUT2D eigenvalue weighted by Gasteiger charge is 2.40. The molecule has 0 heterocycles. The van der Waals surface area contributed by atoms with Gasteiger partial charge in [-0.05, 0) is 12.1 Å². The zero-order valence-corrected chi connectivity index (χ0v) is 32.3. The monoisotopic (exact) mass is 885 g/mol. The van der Waals surface area contributed by atoms with Crippen molar-refractivity contribution >= 4 is 40.1 Å². The molecule has 18 N–H and O–H groups in total. The highest BCUT2D eigenvalue weighted by atomic mass is 31.2. The average molecular weight is 886 g/mol. The molecule has 0 unspecified atom stereocenters. The summed E-state index contributed by atoms with van der Waals surface area (Å²) in [6.45, 7) is 0. The van der Waals surface area contributed by atoms with Gasteiger partial charge in [-0.1, -0.05) is 72.8 Å². The fourth-order valence-electron chi connectivity index (χ4n) is 7.03. The molecule has 0 aliphatic rings. The van der Waals surface area contributed by atoms with E-state index in [1.807, 2.05) is 0 Å². The summed E-state index contributed by atoms with van der Waals surface area (Å²) in [5, 5.41) is 196. The van der Waals surface area contributed by atoms with Gasteiger partial charge in [0, 0.05) is 21.6 Å². The fraction of sp³-hybridized carbons (Fsp3) is 0. The maximum Gasteiger partial charge on any atom is 0.208 e. The quantitative estimate of drug-likeness (QED) is 0.0552. The minimum absolute atomic E-state index is 0.0507. The van der Waals surface area contributed by atoms with Crippen molar-refractivity contribution in [3.05, 3.63) is 84.9 Å². The highest BCUT2D eigenvalue weighted by Crippen LogP contribution is 2.68. The Morgan fingerprint density at radius 1 is 0.286 bits per heavy atom. The smallest absolute Gasteiger partial charge is 0.208 e. The lowest BCUT2D eigenvalue weighted by atomic mass is 9.95. The van der Waals surface area contributed by atoms with E-state index in [4.69, 9.17) is 0 Å². The lowest BCUT2D eigenvalue weighted by Gasteiger charge is -2.31. The van der Waals surface area contributed by atoms with Gasteiger partial charge < -0.3 is 96.5 Å². The molecule has 0 aliphatic heterocycles. The molecule has 0 spiro atoms. The number of hydrogen-bond acceptors (Lipinski definition) is 20. The van der Waals surface area contributed by atoms with Crippen LogP contribution in [0.2, 0.25) is 0 Å². The summed E-state index contributed by atoms with van der Waals surface area (Å²) in [6, 6.07) is 20.7. The van der Waals surface area contributed by atoms with E-state index in [2.05, 4.69) is 0 Å². The Bertz CT molecular complexity index is 2790. The van der Waals surface area contributed by atoms with Gasteiger partial charge in [0.1, 0.15) is 11.4 Å². The number of phenols is 18. The van der Waals surface area contributed by atoms with Crippen molar-refractivity contribution in [1.29, 1.82) is 0 Å². The lowest BCUT2D eigenvalue weighted by Crippen LogP contribution is -2.25. The third kappa shape index (κ3) is 6.04. The predicted octanol–water partition coefficient (Wildman–Crippen LogP) is 4.83. The van der Waals surface area contributed by atoms with E-state index in [-0.39, 0.29) is 15.9 Å². The normalized spacial score (nSPS) is 11.4. The molecule has 0 aliphatic carbocycles. The molecular formula is C42H32NO19P. The van der Waals surface area contributed by atoms with Crippen LogP contribution in [-0.4, -0.2) is 91.9 Å². The van der Waals surface area contributed by atoms with Crippen LogP contribution in [-0.2, 0) is 4.57 Å². The zero-order valence-electron chi connectivity index (χ0n) is 31.4. The molecule has 0 aromatic heterocycles. The van der Waals surface area contributed by atoms with Gasteiger partial charge in [0.05, 0.1) is 22.3 Å². The van der Waals surface area contributed by atoms with E-state index >= 15 is 4.57 Å². The van der Waals surface area contributed by atoms with Crippen molar-refractivity contribution in [3.8, 4) is 126 Å². The second-order valence-corrected chi connectivity index (χ2v) is 16.4. The first kappa shape index (κ1) is 42.1. The van der Waals surface area contributed by atoms with Gasteiger partial charge in [-0.15, -0.1) is 0 Å². The van der Waals surface area contributed by atoms with Crippen molar-refractivity contribution in [2.45, 2.75) is 0 Å². The summed E-state index contributed by atoms with van der Waals surface area (Å²) in [7, 11) is -3.98. The molecule has 0 fully saturated rings. The van der Waals surface area contributed by atoms with Crippen molar-refractivity contribution < 1.29 is 96.5 Å². The number of rotatable bonds is 8. The van der Waals surface area contributed by atoms with Crippen molar-refractivity contribution in [1.82, 2.24) is 0 Å². The van der Waals surface area contributed by atoms with Crippen LogP contribution in [0.25, 0.3) is 22.3 Å². The van der Waals surface area contributed by atoms with Crippen molar-refractivity contribution in [2.24, 2.45) is 0 Å². The van der Waals surface area contributed by atoms with Crippen LogP contribution in [0.5, 0.6) is 103 Å². The zero-order chi connectivity index (χ0) is 46.1. The fourth-order valence-corrected chi connectivity index (χ4v) is 9.72. The Hall–Kier alpha value is -9.03. The molecule has 0 bridgehead atoms. The van der Waals surface area contributed by atoms with Crippen LogP contribution < -0.4 is 20.8 Å². The number of benzene rings is 7. The third-order valence-corrected chi connectivity index (χ3v) is 13.2. The van der Waals surface area contributed by atoms with E-state index in [1.54, 1.807) is 60.7 Å². The predicted molar refractivity (Wildman–Crippen MR) is 221 cm³/mol. The molecule has 0 amide bonds. The summed E-state index contributed by atoms with van der Waals surface area (Å²) in [6.07, 6.45) is 0. The lowest BCUT2D eigenvalue weighted by molar-refractivity contribution is 0.329. The minimum Gasteiger partial charge on any atom is -0.504 e. The van der Waals surface area contributed by atoms with Crippen LogP contribution in [0.1, 0.15) is 0 Å². The largest absolute Gasteiger partial charge is 0.504 e. The first-order valence-corrected chi connectivity index (χ1v) is 19.4. The Morgan fingerprint density at radius 2 is 0.540 bits per heavy atom. The summed E-state index contributed by atoms with van der Waals surface area (Å²) < 4.78 is 15.5. The highest BCUT2D eigenvalue weighted by molar-refractivity contribution is 7.85. The summed E-state index contributed by atoms with van der Waals surface area (Å²) >= 11 is 0. The standard InChI is InChI=1S/C42H32NO19P/c44-25-19(21-29(48)37(56)41(60)38(57)30(21)49)26(45)34(53)23(33(25)52)43(15-8-7-13-18(14-15)63(62,16-9-3-1-4-10-16)17-11-5-2-6-12-17)24-35(54)27(46)20(28(47)36(24)55)22-31(50)39(58)42(61)40(59)32(22)51/h1-14,44-61H. The van der Waals surface area contributed by atoms with E-state index in [0.29, 0.717) is 4.90 Å². The molecule has 0 saturated carbocycles. The van der Waals surface area contributed by atoms with E-state index < -0.39 is 150 Å². The first-order chi connectivity index (χ1) is 29.7. The Labute approximate surface area is 351 Å². The average Bonchev–Trinajstić information content (AvgIpc) is 3.29. The van der Waals surface area contributed by atoms with Crippen LogP contribution in [0.4, 0.5) is 17.1 Å². The molecule has 0 saturated heterocycles. The third-order valence-electron chi connectivity index (χ3n) is 10.1. The van der Waals surface area contributed by atoms with Gasteiger partial charge in [-0.2, -0.15) is 0 Å². The van der Waals surface area contributed by atoms with E-state index in [9.17, 15) is 91.9 Å².